The second-order valence-corrected chi connectivity index (χ2v) is 9.36. The van der Waals surface area contributed by atoms with E-state index in [4.69, 9.17) is 16.3 Å². The second-order valence-electron chi connectivity index (χ2n) is 8.95. The zero-order valence-corrected chi connectivity index (χ0v) is 19.4. The molecule has 3 aromatic rings. The van der Waals surface area contributed by atoms with Gasteiger partial charge in [0.25, 0.3) is 5.91 Å². The number of ether oxygens (including phenoxy) is 1. The first-order valence-corrected chi connectivity index (χ1v) is 10.9. The monoisotopic (exact) mass is 472 g/mol. The number of carbonyl (C=O) groups excluding carboxylic acids is 2. The SMILES string of the molecule is CC(C)OC(=O)C1=CN(C(=O)c2c(F)ccc(Cl)c2F)CC(C)(C)c2c1[nH]c1ccccc21. The number of carbonyl (C=O) groups is 2. The number of H-pyrrole nitrogens is 1. The average molecular weight is 473 g/mol. The molecule has 5 nitrogen and oxygen atoms in total. The van der Waals surface area contributed by atoms with E-state index in [2.05, 4.69) is 4.98 Å². The lowest BCUT2D eigenvalue weighted by molar-refractivity contribution is -0.140. The molecule has 1 N–H and O–H groups in total. The number of amides is 1. The number of nitrogens with zero attached hydrogens (tertiary/aromatic N) is 1. The normalized spacial score (nSPS) is 15.3. The lowest BCUT2D eigenvalue weighted by Crippen LogP contribution is -2.37. The minimum absolute atomic E-state index is 0.0601. The summed E-state index contributed by atoms with van der Waals surface area (Å²) in [7, 11) is 0. The highest BCUT2D eigenvalue weighted by molar-refractivity contribution is 6.31. The Balaban J connectivity index is 1.93. The smallest absolute Gasteiger partial charge is 0.342 e. The molecular weight excluding hydrogens is 450 g/mol. The molecule has 1 aromatic heterocycles. The molecule has 2 aromatic carbocycles. The number of hydrogen-bond donors (Lipinski definition) is 1. The van der Waals surface area contributed by atoms with Gasteiger partial charge in [0.1, 0.15) is 11.4 Å². The van der Waals surface area contributed by atoms with E-state index in [9.17, 15) is 18.4 Å². The molecule has 0 fully saturated rings. The number of nitrogens with one attached hydrogen (secondary N) is 1. The Morgan fingerprint density at radius 2 is 1.85 bits per heavy atom. The molecule has 1 amide bonds. The third kappa shape index (κ3) is 4.02. The molecule has 33 heavy (non-hydrogen) atoms. The van der Waals surface area contributed by atoms with E-state index in [-0.39, 0.29) is 17.1 Å². The molecule has 0 saturated heterocycles. The number of para-hydroxylation sites is 1. The number of esters is 1. The number of rotatable bonds is 3. The van der Waals surface area contributed by atoms with E-state index in [1.165, 1.54) is 6.20 Å². The topological polar surface area (TPSA) is 62.4 Å². The van der Waals surface area contributed by atoms with Gasteiger partial charge in [-0.05, 0) is 37.6 Å². The largest absolute Gasteiger partial charge is 0.459 e. The molecular formula is C25H23ClF2N2O3. The maximum absolute atomic E-state index is 14.7. The maximum Gasteiger partial charge on any atom is 0.342 e. The van der Waals surface area contributed by atoms with Crippen LogP contribution in [-0.2, 0) is 14.9 Å². The number of benzene rings is 2. The highest BCUT2D eigenvalue weighted by atomic mass is 35.5. The van der Waals surface area contributed by atoms with Crippen molar-refractivity contribution in [1.29, 1.82) is 0 Å². The first-order valence-electron chi connectivity index (χ1n) is 10.5. The van der Waals surface area contributed by atoms with Gasteiger partial charge in [-0.15, -0.1) is 0 Å². The molecule has 0 saturated carbocycles. The predicted molar refractivity (Wildman–Crippen MR) is 123 cm³/mol. The zero-order chi connectivity index (χ0) is 24.1. The quantitative estimate of drug-likeness (QED) is 0.385. The van der Waals surface area contributed by atoms with Gasteiger partial charge in [-0.2, -0.15) is 0 Å². The molecule has 0 bridgehead atoms. The predicted octanol–water partition coefficient (Wildman–Crippen LogP) is 5.83. The van der Waals surface area contributed by atoms with E-state index in [1.54, 1.807) is 13.8 Å². The molecule has 1 aliphatic heterocycles. The van der Waals surface area contributed by atoms with Crippen LogP contribution in [0.25, 0.3) is 16.5 Å². The third-order valence-electron chi connectivity index (χ3n) is 5.58. The van der Waals surface area contributed by atoms with Crippen LogP contribution in [0.4, 0.5) is 8.78 Å². The molecule has 172 valence electrons. The van der Waals surface area contributed by atoms with Crippen molar-refractivity contribution in [1.82, 2.24) is 9.88 Å². The van der Waals surface area contributed by atoms with Crippen molar-refractivity contribution in [3.8, 4) is 0 Å². The molecule has 0 spiro atoms. The van der Waals surface area contributed by atoms with E-state index >= 15 is 0 Å². The first kappa shape index (κ1) is 23.0. The van der Waals surface area contributed by atoms with Crippen LogP contribution in [0.1, 0.15) is 49.3 Å². The highest BCUT2D eigenvalue weighted by Crippen LogP contribution is 2.41. The van der Waals surface area contributed by atoms with Crippen molar-refractivity contribution < 1.29 is 23.1 Å². The summed E-state index contributed by atoms with van der Waals surface area (Å²) in [5.41, 5.74) is 0.775. The Kier molecular flexibility index (Phi) is 5.78. The summed E-state index contributed by atoms with van der Waals surface area (Å²) in [4.78, 5) is 30.8. The summed E-state index contributed by atoms with van der Waals surface area (Å²) in [6.07, 6.45) is 0.893. The number of hydrogen-bond acceptors (Lipinski definition) is 3. The fourth-order valence-corrected chi connectivity index (χ4v) is 4.40. The molecule has 0 radical (unpaired) electrons. The van der Waals surface area contributed by atoms with Crippen molar-refractivity contribution in [3.63, 3.8) is 0 Å². The number of halogens is 3. The summed E-state index contributed by atoms with van der Waals surface area (Å²) in [6, 6.07) is 9.56. The maximum atomic E-state index is 14.7. The highest BCUT2D eigenvalue weighted by Gasteiger charge is 2.38. The molecule has 0 aliphatic carbocycles. The Labute approximate surface area is 195 Å². The molecule has 8 heteroatoms. The summed E-state index contributed by atoms with van der Waals surface area (Å²) < 4.78 is 34.6. The van der Waals surface area contributed by atoms with Crippen LogP contribution in [0.3, 0.4) is 0 Å². The van der Waals surface area contributed by atoms with Crippen LogP contribution < -0.4 is 0 Å². The zero-order valence-electron chi connectivity index (χ0n) is 18.6. The van der Waals surface area contributed by atoms with Crippen molar-refractivity contribution in [2.75, 3.05) is 6.54 Å². The minimum Gasteiger partial charge on any atom is -0.459 e. The van der Waals surface area contributed by atoms with Crippen molar-refractivity contribution in [2.45, 2.75) is 39.2 Å². The Morgan fingerprint density at radius 3 is 2.55 bits per heavy atom. The van der Waals surface area contributed by atoms with Crippen LogP contribution in [0, 0.1) is 11.6 Å². The molecule has 0 unspecified atom stereocenters. The molecule has 0 atom stereocenters. The fraction of sp³-hybridized carbons (Fsp3) is 0.280. The summed E-state index contributed by atoms with van der Waals surface area (Å²) in [5.74, 6) is -3.77. The van der Waals surface area contributed by atoms with Crippen LogP contribution >= 0.6 is 11.6 Å². The van der Waals surface area contributed by atoms with E-state index in [1.807, 2.05) is 38.1 Å². The van der Waals surface area contributed by atoms with E-state index < -0.39 is 40.6 Å². The number of aromatic amines is 1. The molecule has 1 aliphatic rings. The van der Waals surface area contributed by atoms with E-state index in [0.717, 1.165) is 33.5 Å². The van der Waals surface area contributed by atoms with Crippen LogP contribution in [0.2, 0.25) is 5.02 Å². The van der Waals surface area contributed by atoms with Crippen LogP contribution in [0.5, 0.6) is 0 Å². The lowest BCUT2D eigenvalue weighted by Gasteiger charge is -2.30. The van der Waals surface area contributed by atoms with Crippen molar-refractivity contribution in [3.05, 3.63) is 76.1 Å². The van der Waals surface area contributed by atoms with Crippen molar-refractivity contribution in [2.24, 2.45) is 0 Å². The lowest BCUT2D eigenvalue weighted by atomic mass is 9.81. The minimum atomic E-state index is -1.15. The van der Waals surface area contributed by atoms with Gasteiger partial charge in [0.2, 0.25) is 0 Å². The summed E-state index contributed by atoms with van der Waals surface area (Å²) in [6.45, 7) is 7.30. The average Bonchev–Trinajstić information content (AvgIpc) is 3.08. The molecule has 2 heterocycles. The van der Waals surface area contributed by atoms with Gasteiger partial charge in [0.05, 0.1) is 22.4 Å². The standard InChI is InChI=1S/C25H23ClF2N2O3/c1-13(2)33-24(32)15-11-30(23(31)19-17(27)10-9-16(26)21(19)28)12-25(3,4)20-14-7-5-6-8-18(14)29-22(15)20/h5-11,13,29H,12H2,1-4H3. The first-order chi connectivity index (χ1) is 15.5. The van der Waals surface area contributed by atoms with E-state index in [0.29, 0.717) is 5.69 Å². The van der Waals surface area contributed by atoms with Gasteiger partial charge in [0, 0.05) is 29.1 Å². The van der Waals surface area contributed by atoms with Gasteiger partial charge in [0.15, 0.2) is 5.82 Å². The van der Waals surface area contributed by atoms with Crippen LogP contribution in [0.15, 0.2) is 42.6 Å². The number of aromatic nitrogens is 1. The second kappa shape index (κ2) is 8.30. The number of fused-ring (bicyclic) bond motifs is 3. The Hall–Kier alpha value is -3.19. The van der Waals surface area contributed by atoms with Gasteiger partial charge >= 0.3 is 5.97 Å². The van der Waals surface area contributed by atoms with Gasteiger partial charge in [-0.25, -0.2) is 13.6 Å². The molecule has 4 rings (SSSR count). The van der Waals surface area contributed by atoms with Gasteiger partial charge in [-0.1, -0.05) is 43.6 Å². The Morgan fingerprint density at radius 1 is 1.15 bits per heavy atom. The Bertz CT molecular complexity index is 1310. The third-order valence-corrected chi connectivity index (χ3v) is 5.88. The van der Waals surface area contributed by atoms with Gasteiger partial charge < -0.3 is 14.6 Å². The fourth-order valence-electron chi connectivity index (χ4n) is 4.25. The van der Waals surface area contributed by atoms with Crippen molar-refractivity contribution >= 4 is 40.0 Å². The van der Waals surface area contributed by atoms with Gasteiger partial charge in [-0.3, -0.25) is 4.79 Å². The summed E-state index contributed by atoms with van der Waals surface area (Å²) in [5, 5.41) is 0.517. The van der Waals surface area contributed by atoms with Crippen LogP contribution in [-0.4, -0.2) is 34.4 Å². The summed E-state index contributed by atoms with van der Waals surface area (Å²) >= 11 is 5.81.